The molecule has 0 N–H and O–H groups in total. The summed E-state index contributed by atoms with van der Waals surface area (Å²) in [4.78, 5) is 18.6. The zero-order valence-electron chi connectivity index (χ0n) is 13.7. The second kappa shape index (κ2) is 6.52. The standard InChI is InChI=1S/C19H18F3NO2/c1-2-3-13-18(14-9-5-4-6-10-14)17(24)23(25-18)16-12-8-7-11-15(16)19(20,21)22/h4-12H,2-3,13H2,1H3/t18-/m1/s1. The number of anilines is 1. The topological polar surface area (TPSA) is 29.5 Å². The average molecular weight is 349 g/mol. The molecule has 1 atom stereocenters. The van der Waals surface area contributed by atoms with Crippen molar-refractivity contribution in [2.45, 2.75) is 38.0 Å². The van der Waals surface area contributed by atoms with E-state index in [2.05, 4.69) is 0 Å². The Morgan fingerprint density at radius 2 is 1.68 bits per heavy atom. The van der Waals surface area contributed by atoms with Gasteiger partial charge in [0.2, 0.25) is 5.60 Å². The lowest BCUT2D eigenvalue weighted by atomic mass is 9.85. The summed E-state index contributed by atoms with van der Waals surface area (Å²) >= 11 is 0. The SMILES string of the molecule is CCCC[C@]1(c2ccccc2)ON(c2ccccc2C(F)(F)F)C1=O. The molecule has 0 aliphatic carbocycles. The Balaban J connectivity index is 1.96. The van der Waals surface area contributed by atoms with Gasteiger partial charge in [0.05, 0.1) is 11.3 Å². The van der Waals surface area contributed by atoms with Crippen LogP contribution in [0.2, 0.25) is 0 Å². The fourth-order valence-corrected chi connectivity index (χ4v) is 3.02. The number of halogens is 3. The highest BCUT2D eigenvalue weighted by Crippen LogP contribution is 2.47. The van der Waals surface area contributed by atoms with Crippen LogP contribution in [-0.4, -0.2) is 5.91 Å². The van der Waals surface area contributed by atoms with Crippen molar-refractivity contribution in [2.75, 3.05) is 5.06 Å². The van der Waals surface area contributed by atoms with Gasteiger partial charge in [0.25, 0.3) is 5.91 Å². The number of alkyl halides is 3. The molecule has 1 fully saturated rings. The second-order valence-electron chi connectivity index (χ2n) is 6.00. The van der Waals surface area contributed by atoms with E-state index in [9.17, 15) is 18.0 Å². The van der Waals surface area contributed by atoms with Gasteiger partial charge in [0.15, 0.2) is 0 Å². The van der Waals surface area contributed by atoms with Gasteiger partial charge < -0.3 is 0 Å². The van der Waals surface area contributed by atoms with Crippen LogP contribution in [0.4, 0.5) is 18.9 Å². The molecule has 0 radical (unpaired) electrons. The molecule has 1 aliphatic rings. The minimum absolute atomic E-state index is 0.275. The van der Waals surface area contributed by atoms with Gasteiger partial charge in [-0.1, -0.05) is 55.8 Å². The third-order valence-electron chi connectivity index (χ3n) is 4.33. The molecule has 3 nitrogen and oxygen atoms in total. The summed E-state index contributed by atoms with van der Waals surface area (Å²) in [6.45, 7) is 1.98. The van der Waals surface area contributed by atoms with E-state index in [0.29, 0.717) is 12.0 Å². The first-order valence-corrected chi connectivity index (χ1v) is 8.15. The van der Waals surface area contributed by atoms with Gasteiger partial charge in [-0.2, -0.15) is 18.2 Å². The molecule has 0 saturated carbocycles. The monoisotopic (exact) mass is 349 g/mol. The number of nitrogens with zero attached hydrogens (tertiary/aromatic N) is 1. The van der Waals surface area contributed by atoms with E-state index in [0.717, 1.165) is 24.0 Å². The van der Waals surface area contributed by atoms with Crippen molar-refractivity contribution in [3.05, 3.63) is 65.7 Å². The van der Waals surface area contributed by atoms with E-state index in [1.54, 1.807) is 24.3 Å². The van der Waals surface area contributed by atoms with Gasteiger partial charge in [-0.15, -0.1) is 0 Å². The maximum atomic E-state index is 13.2. The first-order chi connectivity index (χ1) is 11.9. The summed E-state index contributed by atoms with van der Waals surface area (Å²) in [6, 6.07) is 13.8. The fourth-order valence-electron chi connectivity index (χ4n) is 3.02. The number of unbranched alkanes of at least 4 members (excludes halogenated alkanes) is 1. The van der Waals surface area contributed by atoms with Crippen LogP contribution < -0.4 is 5.06 Å². The molecule has 3 rings (SSSR count). The Hall–Kier alpha value is -2.34. The van der Waals surface area contributed by atoms with Crippen molar-refractivity contribution in [1.29, 1.82) is 0 Å². The van der Waals surface area contributed by atoms with E-state index in [-0.39, 0.29) is 5.69 Å². The Morgan fingerprint density at radius 3 is 2.28 bits per heavy atom. The Morgan fingerprint density at radius 1 is 1.04 bits per heavy atom. The fraction of sp³-hybridized carbons (Fsp3) is 0.316. The predicted molar refractivity (Wildman–Crippen MR) is 87.7 cm³/mol. The zero-order chi connectivity index (χ0) is 18.1. The molecule has 6 heteroatoms. The molecular weight excluding hydrogens is 331 g/mol. The lowest BCUT2D eigenvalue weighted by Crippen LogP contribution is -2.63. The maximum Gasteiger partial charge on any atom is 0.418 e. The molecule has 132 valence electrons. The Bertz CT molecular complexity index is 761. The summed E-state index contributed by atoms with van der Waals surface area (Å²) in [5, 5.41) is 0.769. The molecule has 0 unspecified atom stereocenters. The van der Waals surface area contributed by atoms with Gasteiger partial charge in [0, 0.05) is 0 Å². The zero-order valence-corrected chi connectivity index (χ0v) is 13.7. The molecule has 1 heterocycles. The summed E-state index contributed by atoms with van der Waals surface area (Å²) in [5.74, 6) is -0.469. The van der Waals surface area contributed by atoms with Crippen molar-refractivity contribution in [3.8, 4) is 0 Å². The average Bonchev–Trinajstić information content (AvgIpc) is 2.61. The number of benzene rings is 2. The normalized spacial score (nSPS) is 20.5. The molecule has 1 saturated heterocycles. The van der Waals surface area contributed by atoms with Crippen LogP contribution in [0.3, 0.4) is 0 Å². The third kappa shape index (κ3) is 3.02. The van der Waals surface area contributed by atoms with Crippen LogP contribution >= 0.6 is 0 Å². The Kier molecular flexibility index (Phi) is 4.56. The number of hydrogen-bond acceptors (Lipinski definition) is 2. The minimum Gasteiger partial charge on any atom is -0.268 e. The smallest absolute Gasteiger partial charge is 0.268 e. The summed E-state index contributed by atoms with van der Waals surface area (Å²) in [6.07, 6.45) is -2.55. The molecule has 2 aromatic rings. The van der Waals surface area contributed by atoms with Crippen LogP contribution in [-0.2, 0) is 21.4 Å². The van der Waals surface area contributed by atoms with E-state index in [1.807, 2.05) is 13.0 Å². The molecule has 1 aliphatic heterocycles. The first-order valence-electron chi connectivity index (χ1n) is 8.15. The maximum absolute atomic E-state index is 13.2. The van der Waals surface area contributed by atoms with Gasteiger partial charge in [-0.3, -0.25) is 4.79 Å². The number of para-hydroxylation sites is 1. The summed E-state index contributed by atoms with van der Waals surface area (Å²) < 4.78 is 39.7. The number of hydrogen-bond donors (Lipinski definition) is 0. The highest BCUT2D eigenvalue weighted by molar-refractivity contribution is 6.03. The molecule has 1 amide bonds. The third-order valence-corrected chi connectivity index (χ3v) is 4.33. The molecular formula is C19H18F3NO2. The van der Waals surface area contributed by atoms with Gasteiger partial charge >= 0.3 is 6.18 Å². The summed E-state index contributed by atoms with van der Waals surface area (Å²) in [7, 11) is 0. The van der Waals surface area contributed by atoms with E-state index >= 15 is 0 Å². The van der Waals surface area contributed by atoms with Crippen molar-refractivity contribution < 1.29 is 22.8 Å². The van der Waals surface area contributed by atoms with Crippen molar-refractivity contribution >= 4 is 11.6 Å². The number of carbonyl (C=O) groups is 1. The van der Waals surface area contributed by atoms with Crippen LogP contribution in [0, 0.1) is 0 Å². The molecule has 0 bridgehead atoms. The minimum atomic E-state index is -4.56. The number of hydroxylamine groups is 1. The van der Waals surface area contributed by atoms with E-state index in [4.69, 9.17) is 4.84 Å². The number of amides is 1. The lowest BCUT2D eigenvalue weighted by molar-refractivity contribution is -0.193. The molecule has 0 spiro atoms. The van der Waals surface area contributed by atoms with Crippen molar-refractivity contribution in [3.63, 3.8) is 0 Å². The second-order valence-corrected chi connectivity index (χ2v) is 6.00. The van der Waals surface area contributed by atoms with E-state index in [1.165, 1.54) is 18.2 Å². The number of carbonyl (C=O) groups excluding carboxylic acids is 1. The lowest BCUT2D eigenvalue weighted by Gasteiger charge is -2.48. The highest BCUT2D eigenvalue weighted by Gasteiger charge is 2.57. The first kappa shape index (κ1) is 17.5. The van der Waals surface area contributed by atoms with Crippen LogP contribution in [0.5, 0.6) is 0 Å². The van der Waals surface area contributed by atoms with Crippen molar-refractivity contribution in [1.82, 2.24) is 0 Å². The molecule has 25 heavy (non-hydrogen) atoms. The molecule has 2 aromatic carbocycles. The van der Waals surface area contributed by atoms with Gasteiger partial charge in [-0.25, -0.2) is 4.84 Å². The van der Waals surface area contributed by atoms with Crippen molar-refractivity contribution in [2.24, 2.45) is 0 Å². The van der Waals surface area contributed by atoms with Crippen LogP contribution in [0.1, 0.15) is 37.3 Å². The van der Waals surface area contributed by atoms with E-state index < -0.39 is 23.2 Å². The number of rotatable bonds is 5. The quantitative estimate of drug-likeness (QED) is 0.754. The van der Waals surface area contributed by atoms with Crippen LogP contribution in [0.15, 0.2) is 54.6 Å². The van der Waals surface area contributed by atoms with Gasteiger partial charge in [0.1, 0.15) is 0 Å². The van der Waals surface area contributed by atoms with Gasteiger partial charge in [-0.05, 0) is 30.5 Å². The highest BCUT2D eigenvalue weighted by atomic mass is 19.4. The predicted octanol–water partition coefficient (Wildman–Crippen LogP) is 5.07. The molecule has 0 aromatic heterocycles. The van der Waals surface area contributed by atoms with Crippen LogP contribution in [0.25, 0.3) is 0 Å². The summed E-state index contributed by atoms with van der Waals surface area (Å²) in [5.41, 5.74) is -1.71. The largest absolute Gasteiger partial charge is 0.418 e. The Labute approximate surface area is 144 Å².